The molecule has 1 rings (SSSR count). The lowest BCUT2D eigenvalue weighted by atomic mass is 10.1. The van der Waals surface area contributed by atoms with Crippen molar-refractivity contribution in [2.45, 2.75) is 25.4 Å². The lowest BCUT2D eigenvalue weighted by Gasteiger charge is -2.28. The molecule has 0 heterocycles. The first-order valence-corrected chi connectivity index (χ1v) is 5.94. The van der Waals surface area contributed by atoms with Crippen LogP contribution in [0.25, 0.3) is 0 Å². The van der Waals surface area contributed by atoms with Gasteiger partial charge in [0.1, 0.15) is 0 Å². The number of nitrogens with zero attached hydrogens (tertiary/aromatic N) is 1. The van der Waals surface area contributed by atoms with E-state index in [4.69, 9.17) is 5.11 Å². The average molecular weight is 253 g/mol. The number of aliphatic hydroxyl groups is 2. The summed E-state index contributed by atoms with van der Waals surface area (Å²) < 4.78 is 0. The van der Waals surface area contributed by atoms with Crippen LogP contribution in [0.15, 0.2) is 30.3 Å². The molecular weight excluding hydrogens is 234 g/mol. The quantitative estimate of drug-likeness (QED) is 0.684. The summed E-state index contributed by atoms with van der Waals surface area (Å²) in [6, 6.07) is 8.76. The summed E-state index contributed by atoms with van der Waals surface area (Å²) in [6.07, 6.45) is -0.133. The zero-order valence-electron chi connectivity index (χ0n) is 10.2. The van der Waals surface area contributed by atoms with Crippen molar-refractivity contribution in [3.8, 4) is 0 Å². The monoisotopic (exact) mass is 253 g/mol. The van der Waals surface area contributed by atoms with Crippen LogP contribution in [0.2, 0.25) is 0 Å². The standard InChI is InChI=1S/C13H19NO4/c15-8-4-7-12(10-16)14(13(17)18)9-11-5-2-1-3-6-11/h1-3,5-6,12,15-16H,4,7-10H2,(H,17,18)/t12-/m0/s1. The van der Waals surface area contributed by atoms with Crippen molar-refractivity contribution in [1.29, 1.82) is 0 Å². The van der Waals surface area contributed by atoms with E-state index >= 15 is 0 Å². The van der Waals surface area contributed by atoms with Gasteiger partial charge in [-0.25, -0.2) is 4.79 Å². The molecule has 0 saturated carbocycles. The van der Waals surface area contributed by atoms with Crippen LogP contribution in [-0.4, -0.2) is 45.6 Å². The molecule has 0 aliphatic heterocycles. The number of carboxylic acid groups (broad SMARTS) is 1. The maximum atomic E-state index is 11.2. The largest absolute Gasteiger partial charge is 0.465 e. The van der Waals surface area contributed by atoms with E-state index in [-0.39, 0.29) is 19.8 Å². The second kappa shape index (κ2) is 7.68. The van der Waals surface area contributed by atoms with E-state index in [1.807, 2.05) is 30.3 Å². The van der Waals surface area contributed by atoms with Crippen molar-refractivity contribution >= 4 is 6.09 Å². The first kappa shape index (κ1) is 14.5. The van der Waals surface area contributed by atoms with E-state index in [0.29, 0.717) is 12.8 Å². The minimum Gasteiger partial charge on any atom is -0.465 e. The van der Waals surface area contributed by atoms with Crippen LogP contribution in [0.3, 0.4) is 0 Å². The van der Waals surface area contributed by atoms with E-state index in [0.717, 1.165) is 5.56 Å². The number of rotatable bonds is 7. The first-order chi connectivity index (χ1) is 8.69. The predicted molar refractivity (Wildman–Crippen MR) is 67.2 cm³/mol. The third-order valence-electron chi connectivity index (χ3n) is 2.79. The van der Waals surface area contributed by atoms with Gasteiger partial charge in [0.2, 0.25) is 0 Å². The van der Waals surface area contributed by atoms with Crippen LogP contribution in [0.4, 0.5) is 4.79 Å². The molecule has 5 nitrogen and oxygen atoms in total. The van der Waals surface area contributed by atoms with Gasteiger partial charge in [0.25, 0.3) is 0 Å². The van der Waals surface area contributed by atoms with Crippen molar-refractivity contribution in [3.05, 3.63) is 35.9 Å². The summed E-state index contributed by atoms with van der Waals surface area (Å²) in [5, 5.41) is 27.2. The molecule has 1 atom stereocenters. The van der Waals surface area contributed by atoms with Crippen LogP contribution in [-0.2, 0) is 6.54 Å². The molecular formula is C13H19NO4. The fourth-order valence-electron chi connectivity index (χ4n) is 1.81. The van der Waals surface area contributed by atoms with Gasteiger partial charge in [0.15, 0.2) is 0 Å². The molecule has 18 heavy (non-hydrogen) atoms. The maximum absolute atomic E-state index is 11.2. The Labute approximate surface area is 106 Å². The number of benzene rings is 1. The second-order valence-electron chi connectivity index (χ2n) is 4.10. The van der Waals surface area contributed by atoms with Crippen LogP contribution >= 0.6 is 0 Å². The Hall–Kier alpha value is -1.59. The highest BCUT2D eigenvalue weighted by Crippen LogP contribution is 2.12. The number of amides is 1. The highest BCUT2D eigenvalue weighted by atomic mass is 16.4. The lowest BCUT2D eigenvalue weighted by molar-refractivity contribution is 0.0860. The van der Waals surface area contributed by atoms with Gasteiger partial charge in [-0.1, -0.05) is 30.3 Å². The molecule has 1 amide bonds. The van der Waals surface area contributed by atoms with Crippen LogP contribution in [0.5, 0.6) is 0 Å². The molecule has 0 aromatic heterocycles. The Kier molecular flexibility index (Phi) is 6.18. The molecule has 0 radical (unpaired) electrons. The van der Waals surface area contributed by atoms with Crippen molar-refractivity contribution in [2.24, 2.45) is 0 Å². The highest BCUT2D eigenvalue weighted by Gasteiger charge is 2.22. The van der Waals surface area contributed by atoms with Gasteiger partial charge in [0.05, 0.1) is 12.6 Å². The Bertz CT molecular complexity index is 355. The van der Waals surface area contributed by atoms with Crippen LogP contribution in [0, 0.1) is 0 Å². The molecule has 5 heteroatoms. The minimum absolute atomic E-state index is 0.00467. The SMILES string of the molecule is O=C(O)N(Cc1ccccc1)[C@H](CO)CCCO. The molecule has 0 saturated heterocycles. The second-order valence-corrected chi connectivity index (χ2v) is 4.10. The molecule has 100 valence electrons. The van der Waals surface area contributed by atoms with Gasteiger partial charge in [-0.3, -0.25) is 4.90 Å². The zero-order chi connectivity index (χ0) is 13.4. The summed E-state index contributed by atoms with van der Waals surface area (Å²) in [6.45, 7) is 0.00125. The molecule has 0 bridgehead atoms. The Morgan fingerprint density at radius 2 is 1.89 bits per heavy atom. The van der Waals surface area contributed by atoms with Gasteiger partial charge in [0, 0.05) is 13.2 Å². The topological polar surface area (TPSA) is 81.0 Å². The molecule has 0 aliphatic carbocycles. The van der Waals surface area contributed by atoms with Crippen molar-refractivity contribution in [2.75, 3.05) is 13.2 Å². The van der Waals surface area contributed by atoms with Crippen molar-refractivity contribution in [3.63, 3.8) is 0 Å². The number of carbonyl (C=O) groups is 1. The van der Waals surface area contributed by atoms with E-state index in [1.165, 1.54) is 4.90 Å². The van der Waals surface area contributed by atoms with Crippen LogP contribution in [0.1, 0.15) is 18.4 Å². The maximum Gasteiger partial charge on any atom is 0.407 e. The summed E-state index contributed by atoms with van der Waals surface area (Å²) in [5.74, 6) is 0. The number of aliphatic hydroxyl groups excluding tert-OH is 2. The number of hydrogen-bond donors (Lipinski definition) is 3. The zero-order valence-corrected chi connectivity index (χ0v) is 10.2. The minimum atomic E-state index is -1.06. The normalized spacial score (nSPS) is 12.1. The molecule has 0 unspecified atom stereocenters. The molecule has 0 aliphatic rings. The van der Waals surface area contributed by atoms with E-state index in [2.05, 4.69) is 0 Å². The molecule has 0 fully saturated rings. The van der Waals surface area contributed by atoms with Gasteiger partial charge >= 0.3 is 6.09 Å². The van der Waals surface area contributed by atoms with Gasteiger partial charge in [-0.2, -0.15) is 0 Å². The lowest BCUT2D eigenvalue weighted by Crippen LogP contribution is -2.41. The third kappa shape index (κ3) is 4.35. The summed E-state index contributed by atoms with van der Waals surface area (Å²) >= 11 is 0. The molecule has 3 N–H and O–H groups in total. The van der Waals surface area contributed by atoms with Crippen molar-refractivity contribution in [1.82, 2.24) is 4.90 Å². The molecule has 1 aromatic carbocycles. The summed E-state index contributed by atoms with van der Waals surface area (Å²) in [5.41, 5.74) is 0.877. The Morgan fingerprint density at radius 1 is 1.22 bits per heavy atom. The molecule has 0 spiro atoms. The average Bonchev–Trinajstić information content (AvgIpc) is 2.39. The first-order valence-electron chi connectivity index (χ1n) is 5.94. The molecule has 1 aromatic rings. The van der Waals surface area contributed by atoms with Crippen molar-refractivity contribution < 1.29 is 20.1 Å². The van der Waals surface area contributed by atoms with Crippen LogP contribution < -0.4 is 0 Å². The summed E-state index contributed by atoms with van der Waals surface area (Å²) in [7, 11) is 0. The van der Waals surface area contributed by atoms with E-state index in [1.54, 1.807) is 0 Å². The summed E-state index contributed by atoms with van der Waals surface area (Å²) in [4.78, 5) is 12.4. The fourth-order valence-corrected chi connectivity index (χ4v) is 1.81. The number of hydrogen-bond acceptors (Lipinski definition) is 3. The van der Waals surface area contributed by atoms with Gasteiger partial charge in [-0.15, -0.1) is 0 Å². The smallest absolute Gasteiger partial charge is 0.407 e. The third-order valence-corrected chi connectivity index (χ3v) is 2.79. The van der Waals surface area contributed by atoms with Gasteiger partial charge < -0.3 is 15.3 Å². The Morgan fingerprint density at radius 3 is 2.39 bits per heavy atom. The predicted octanol–water partition coefficient (Wildman–Crippen LogP) is 1.30. The van der Waals surface area contributed by atoms with E-state index < -0.39 is 12.1 Å². The Balaban J connectivity index is 2.71. The van der Waals surface area contributed by atoms with E-state index in [9.17, 15) is 15.0 Å². The fraction of sp³-hybridized carbons (Fsp3) is 0.462. The highest BCUT2D eigenvalue weighted by molar-refractivity contribution is 5.65. The van der Waals surface area contributed by atoms with Gasteiger partial charge in [-0.05, 0) is 18.4 Å².